The molecule has 0 unspecified atom stereocenters. The van der Waals surface area contributed by atoms with Crippen LogP contribution in [-0.4, -0.2) is 41.9 Å². The third kappa shape index (κ3) is 5.06. The predicted octanol–water partition coefficient (Wildman–Crippen LogP) is 3.76. The zero-order chi connectivity index (χ0) is 18.1. The van der Waals surface area contributed by atoms with Crippen molar-refractivity contribution in [3.8, 4) is 0 Å². The van der Waals surface area contributed by atoms with Crippen molar-refractivity contribution in [2.24, 2.45) is 5.92 Å². The predicted molar refractivity (Wildman–Crippen MR) is 112 cm³/mol. The van der Waals surface area contributed by atoms with Crippen LogP contribution in [-0.2, 0) is 4.74 Å². The molecule has 2 aromatic heterocycles. The number of carbonyl (C=O) groups excluding carboxylic acids is 1. The molecule has 6 nitrogen and oxygen atoms in total. The molecule has 0 radical (unpaired) electrons. The molecule has 0 spiro atoms. The van der Waals surface area contributed by atoms with Gasteiger partial charge in [0.05, 0.1) is 4.88 Å². The van der Waals surface area contributed by atoms with Crippen molar-refractivity contribution in [3.63, 3.8) is 0 Å². The van der Waals surface area contributed by atoms with Gasteiger partial charge in [0, 0.05) is 30.1 Å². The number of thiophene rings is 1. The van der Waals surface area contributed by atoms with Gasteiger partial charge in [-0.25, -0.2) is 0 Å². The highest BCUT2D eigenvalue weighted by Gasteiger charge is 2.40. The Labute approximate surface area is 173 Å². The number of carbonyl (C=O) groups is 1. The van der Waals surface area contributed by atoms with Gasteiger partial charge in [0.15, 0.2) is 0 Å². The van der Waals surface area contributed by atoms with Crippen molar-refractivity contribution in [1.82, 2.24) is 15.5 Å². The number of rotatable bonds is 6. The van der Waals surface area contributed by atoms with Crippen LogP contribution in [0.15, 0.2) is 6.07 Å². The van der Waals surface area contributed by atoms with E-state index in [1.54, 1.807) is 11.3 Å². The summed E-state index contributed by atoms with van der Waals surface area (Å²) in [6, 6.07) is 2.61. The summed E-state index contributed by atoms with van der Waals surface area (Å²) >= 11 is 2.96. The van der Waals surface area contributed by atoms with E-state index >= 15 is 0 Å². The van der Waals surface area contributed by atoms with Gasteiger partial charge in [-0.05, 0) is 57.2 Å². The molecule has 3 heterocycles. The number of aromatic nitrogens is 2. The molecule has 1 aliphatic carbocycles. The Balaban J connectivity index is 0.00000210. The minimum atomic E-state index is -0.0899. The number of amides is 1. The Kier molecular flexibility index (Phi) is 6.86. The standard InChI is InChI=1S/C18H24N4O2S2.ClH/c1-10-13(14-7-15(14)19-9-12-3-5-24-6-4-12)8-16(25-10)17(23)20-18-22-21-11(2)26-18;/h8,12,14-15,19H,3-7,9H2,1-2H3,(H,20,22,23);1H/t14-,15+;/m0./s1. The van der Waals surface area contributed by atoms with Crippen LogP contribution in [0.4, 0.5) is 5.13 Å². The van der Waals surface area contributed by atoms with Crippen LogP contribution in [0.1, 0.15) is 50.3 Å². The molecular weight excluding hydrogens is 404 g/mol. The number of ether oxygens (including phenoxy) is 1. The average Bonchev–Trinajstić information content (AvgIpc) is 3.12. The fourth-order valence-corrected chi connectivity index (χ4v) is 5.09. The minimum absolute atomic E-state index is 0. The van der Waals surface area contributed by atoms with Crippen molar-refractivity contribution in [2.45, 2.75) is 45.1 Å². The molecule has 4 rings (SSSR count). The van der Waals surface area contributed by atoms with E-state index in [9.17, 15) is 4.79 Å². The highest BCUT2D eigenvalue weighted by Crippen LogP contribution is 2.44. The van der Waals surface area contributed by atoms with Gasteiger partial charge < -0.3 is 10.1 Å². The van der Waals surface area contributed by atoms with Gasteiger partial charge in [0.2, 0.25) is 5.13 Å². The smallest absolute Gasteiger partial charge is 0.267 e. The molecule has 148 valence electrons. The van der Waals surface area contributed by atoms with E-state index < -0.39 is 0 Å². The third-order valence-electron chi connectivity index (χ3n) is 5.13. The van der Waals surface area contributed by atoms with Crippen molar-refractivity contribution in [2.75, 3.05) is 25.1 Å². The summed E-state index contributed by atoms with van der Waals surface area (Å²) in [5, 5.41) is 15.9. The van der Waals surface area contributed by atoms with Gasteiger partial charge in [-0.3, -0.25) is 10.1 Å². The van der Waals surface area contributed by atoms with Gasteiger partial charge in [-0.15, -0.1) is 33.9 Å². The molecule has 2 aromatic rings. The Morgan fingerprint density at radius 3 is 2.74 bits per heavy atom. The molecule has 1 amide bonds. The molecule has 2 aliphatic rings. The summed E-state index contributed by atoms with van der Waals surface area (Å²) in [4.78, 5) is 14.4. The number of hydrogen-bond donors (Lipinski definition) is 2. The largest absolute Gasteiger partial charge is 0.381 e. The summed E-state index contributed by atoms with van der Waals surface area (Å²) in [7, 11) is 0. The second-order valence-electron chi connectivity index (χ2n) is 7.12. The topological polar surface area (TPSA) is 76.1 Å². The maximum absolute atomic E-state index is 12.5. The number of halogens is 1. The summed E-state index contributed by atoms with van der Waals surface area (Å²) in [5.74, 6) is 1.19. The zero-order valence-electron chi connectivity index (χ0n) is 15.5. The second kappa shape index (κ2) is 8.96. The normalized spacial score (nSPS) is 22.3. The average molecular weight is 429 g/mol. The molecule has 2 atom stereocenters. The van der Waals surface area contributed by atoms with E-state index in [4.69, 9.17) is 4.74 Å². The van der Waals surface area contributed by atoms with Crippen LogP contribution in [0.25, 0.3) is 0 Å². The Morgan fingerprint density at radius 1 is 1.26 bits per heavy atom. The molecule has 1 aliphatic heterocycles. The summed E-state index contributed by atoms with van der Waals surface area (Å²) in [5.41, 5.74) is 1.32. The maximum atomic E-state index is 12.5. The monoisotopic (exact) mass is 428 g/mol. The quantitative estimate of drug-likeness (QED) is 0.732. The lowest BCUT2D eigenvalue weighted by Crippen LogP contribution is -2.29. The fraction of sp³-hybridized carbons (Fsp3) is 0.611. The molecule has 1 saturated carbocycles. The van der Waals surface area contributed by atoms with Crippen LogP contribution in [0.3, 0.4) is 0 Å². The van der Waals surface area contributed by atoms with Crippen LogP contribution in [0.2, 0.25) is 0 Å². The van der Waals surface area contributed by atoms with E-state index in [-0.39, 0.29) is 18.3 Å². The van der Waals surface area contributed by atoms with Crippen LogP contribution < -0.4 is 10.6 Å². The number of nitrogens with one attached hydrogen (secondary N) is 2. The molecule has 1 saturated heterocycles. The lowest BCUT2D eigenvalue weighted by molar-refractivity contribution is 0.0662. The lowest BCUT2D eigenvalue weighted by atomic mass is 10.0. The highest BCUT2D eigenvalue weighted by atomic mass is 35.5. The zero-order valence-corrected chi connectivity index (χ0v) is 17.9. The Bertz CT molecular complexity index is 788. The van der Waals surface area contributed by atoms with Gasteiger partial charge >= 0.3 is 0 Å². The van der Waals surface area contributed by atoms with E-state index in [1.807, 2.05) is 6.92 Å². The van der Waals surface area contributed by atoms with Gasteiger partial charge in [-0.2, -0.15) is 0 Å². The fourth-order valence-electron chi connectivity index (χ4n) is 3.51. The molecule has 2 N–H and O–H groups in total. The molecule has 27 heavy (non-hydrogen) atoms. The molecule has 2 fully saturated rings. The first-order valence-electron chi connectivity index (χ1n) is 9.13. The number of nitrogens with zero attached hydrogens (tertiary/aromatic N) is 2. The first kappa shape index (κ1) is 20.7. The van der Waals surface area contributed by atoms with Crippen LogP contribution in [0, 0.1) is 19.8 Å². The van der Waals surface area contributed by atoms with E-state index in [0.29, 0.717) is 17.1 Å². The van der Waals surface area contributed by atoms with E-state index in [0.717, 1.165) is 54.8 Å². The SMILES string of the molecule is Cc1nnc(NC(=O)c2cc([C@@H]3C[C@H]3NCC3CCOCC3)c(C)s2)s1.Cl. The van der Waals surface area contributed by atoms with Crippen molar-refractivity contribution in [3.05, 3.63) is 26.4 Å². The molecular formula is C18H25ClN4O2S2. The highest BCUT2D eigenvalue weighted by molar-refractivity contribution is 7.16. The lowest BCUT2D eigenvalue weighted by Gasteiger charge is -2.22. The van der Waals surface area contributed by atoms with Gasteiger partial charge in [0.25, 0.3) is 5.91 Å². The van der Waals surface area contributed by atoms with Crippen molar-refractivity contribution >= 4 is 46.1 Å². The Morgan fingerprint density at radius 2 is 2.04 bits per heavy atom. The maximum Gasteiger partial charge on any atom is 0.267 e. The number of aryl methyl sites for hydroxylation is 2. The number of hydrogen-bond acceptors (Lipinski definition) is 7. The van der Waals surface area contributed by atoms with Crippen molar-refractivity contribution < 1.29 is 9.53 Å². The Hall–Kier alpha value is -1.06. The summed E-state index contributed by atoms with van der Waals surface area (Å²) in [6.45, 7) is 6.87. The molecule has 9 heteroatoms. The molecule has 0 aromatic carbocycles. The van der Waals surface area contributed by atoms with Crippen LogP contribution >= 0.6 is 35.1 Å². The van der Waals surface area contributed by atoms with Gasteiger partial charge in [-0.1, -0.05) is 11.3 Å². The van der Waals surface area contributed by atoms with Crippen LogP contribution in [0.5, 0.6) is 0 Å². The third-order valence-corrected chi connectivity index (χ3v) is 6.95. The first-order valence-corrected chi connectivity index (χ1v) is 10.8. The van der Waals surface area contributed by atoms with E-state index in [1.165, 1.54) is 21.8 Å². The second-order valence-corrected chi connectivity index (χ2v) is 9.55. The van der Waals surface area contributed by atoms with E-state index in [2.05, 4.69) is 33.8 Å². The van der Waals surface area contributed by atoms with Gasteiger partial charge in [0.1, 0.15) is 5.01 Å². The number of anilines is 1. The van der Waals surface area contributed by atoms with Crippen molar-refractivity contribution in [1.29, 1.82) is 0 Å². The minimum Gasteiger partial charge on any atom is -0.381 e. The first-order chi connectivity index (χ1) is 12.6. The summed E-state index contributed by atoms with van der Waals surface area (Å²) < 4.78 is 5.43. The summed E-state index contributed by atoms with van der Waals surface area (Å²) in [6.07, 6.45) is 3.49. The molecule has 0 bridgehead atoms.